The molecule has 1 aliphatic carbocycles. The van der Waals surface area contributed by atoms with Crippen LogP contribution in [0, 0.1) is 5.41 Å². The maximum atomic E-state index is 5.01. The molecule has 0 amide bonds. The molecule has 0 radical (unpaired) electrons. The van der Waals surface area contributed by atoms with Crippen molar-refractivity contribution >= 4 is 11.3 Å². The van der Waals surface area contributed by atoms with E-state index < -0.39 is 0 Å². The first-order chi connectivity index (χ1) is 8.11. The summed E-state index contributed by atoms with van der Waals surface area (Å²) in [7, 11) is 1.73. The second-order valence-electron chi connectivity index (χ2n) is 5.49. The number of aromatic nitrogens is 1. The number of fused-ring (bicyclic) bond motifs is 1. The molecular weight excluding hydrogens is 232 g/mol. The van der Waals surface area contributed by atoms with Gasteiger partial charge in [-0.15, -0.1) is 11.3 Å². The van der Waals surface area contributed by atoms with Crippen LogP contribution >= 0.6 is 11.3 Å². The van der Waals surface area contributed by atoms with E-state index in [0.29, 0.717) is 5.41 Å². The lowest BCUT2D eigenvalue weighted by Gasteiger charge is -2.28. The molecule has 0 fully saturated rings. The van der Waals surface area contributed by atoms with E-state index in [4.69, 9.17) is 9.72 Å². The van der Waals surface area contributed by atoms with Crippen LogP contribution in [0.5, 0.6) is 0 Å². The second-order valence-corrected chi connectivity index (χ2v) is 6.66. The number of rotatable bonds is 5. The Kier molecular flexibility index (Phi) is 4.17. The fourth-order valence-corrected chi connectivity index (χ4v) is 3.54. The largest absolute Gasteiger partial charge is 0.383 e. The molecule has 1 aromatic rings. The van der Waals surface area contributed by atoms with Crippen molar-refractivity contribution in [3.8, 4) is 0 Å². The quantitative estimate of drug-likeness (QED) is 0.819. The Morgan fingerprint density at radius 2 is 2.29 bits per heavy atom. The molecule has 0 saturated carbocycles. The maximum absolute atomic E-state index is 5.01. The number of hydrogen-bond donors (Lipinski definition) is 1. The molecule has 2 rings (SSSR count). The standard InChI is InChI=1S/C13H22N2OS/c1-13(2)5-4-10-11(8-13)17-12(15-10)9-14-6-7-16-3/h14H,4-9H2,1-3H3. The van der Waals surface area contributed by atoms with E-state index in [1.54, 1.807) is 7.11 Å². The maximum Gasteiger partial charge on any atom is 0.107 e. The zero-order valence-corrected chi connectivity index (χ0v) is 11.8. The van der Waals surface area contributed by atoms with Crippen LogP contribution in [0.4, 0.5) is 0 Å². The number of nitrogens with zero attached hydrogens (tertiary/aromatic N) is 1. The predicted octanol–water partition coefficient (Wildman–Crippen LogP) is 2.39. The summed E-state index contributed by atoms with van der Waals surface area (Å²) in [4.78, 5) is 6.23. The van der Waals surface area contributed by atoms with Gasteiger partial charge >= 0.3 is 0 Å². The summed E-state index contributed by atoms with van der Waals surface area (Å²) in [5.74, 6) is 0. The first-order valence-corrected chi connectivity index (χ1v) is 7.09. The molecule has 1 N–H and O–H groups in total. The predicted molar refractivity (Wildman–Crippen MR) is 71.5 cm³/mol. The number of ether oxygens (including phenoxy) is 1. The molecule has 3 nitrogen and oxygen atoms in total. The van der Waals surface area contributed by atoms with Crippen molar-refractivity contribution in [2.24, 2.45) is 5.41 Å². The minimum absolute atomic E-state index is 0.459. The van der Waals surface area contributed by atoms with E-state index in [1.165, 1.54) is 28.4 Å². The summed E-state index contributed by atoms with van der Waals surface area (Å²) in [5, 5.41) is 4.58. The number of methoxy groups -OCH3 is 1. The minimum Gasteiger partial charge on any atom is -0.383 e. The van der Waals surface area contributed by atoms with Gasteiger partial charge in [0, 0.05) is 25.1 Å². The van der Waals surface area contributed by atoms with E-state index >= 15 is 0 Å². The molecule has 0 aliphatic heterocycles. The average Bonchev–Trinajstić information content (AvgIpc) is 2.65. The molecule has 1 aliphatic rings. The van der Waals surface area contributed by atoms with Crippen molar-refractivity contribution in [1.29, 1.82) is 0 Å². The van der Waals surface area contributed by atoms with Gasteiger partial charge in [0.05, 0.1) is 12.3 Å². The van der Waals surface area contributed by atoms with E-state index in [1.807, 2.05) is 11.3 Å². The SMILES string of the molecule is COCCNCc1nc2c(s1)CC(C)(C)CC2. The van der Waals surface area contributed by atoms with Gasteiger partial charge in [0.2, 0.25) is 0 Å². The van der Waals surface area contributed by atoms with E-state index in [-0.39, 0.29) is 0 Å². The van der Waals surface area contributed by atoms with Crippen LogP contribution in [-0.4, -0.2) is 25.2 Å². The van der Waals surface area contributed by atoms with Crippen molar-refractivity contribution in [2.45, 2.75) is 39.7 Å². The zero-order valence-electron chi connectivity index (χ0n) is 11.0. The fraction of sp³-hybridized carbons (Fsp3) is 0.769. The molecule has 0 bridgehead atoms. The topological polar surface area (TPSA) is 34.1 Å². The number of thiazole rings is 1. The average molecular weight is 254 g/mol. The summed E-state index contributed by atoms with van der Waals surface area (Å²) < 4.78 is 5.01. The monoisotopic (exact) mass is 254 g/mol. The molecule has 0 atom stereocenters. The van der Waals surface area contributed by atoms with Gasteiger partial charge in [0.15, 0.2) is 0 Å². The van der Waals surface area contributed by atoms with Crippen molar-refractivity contribution in [1.82, 2.24) is 10.3 Å². The lowest BCUT2D eigenvalue weighted by molar-refractivity contribution is 0.199. The van der Waals surface area contributed by atoms with Crippen LogP contribution < -0.4 is 5.32 Å². The number of aryl methyl sites for hydroxylation is 1. The Morgan fingerprint density at radius 3 is 3.06 bits per heavy atom. The third-order valence-electron chi connectivity index (χ3n) is 3.26. The van der Waals surface area contributed by atoms with Crippen molar-refractivity contribution in [3.05, 3.63) is 15.6 Å². The lowest BCUT2D eigenvalue weighted by atomic mass is 9.79. The Hall–Kier alpha value is -0.450. The van der Waals surface area contributed by atoms with E-state index in [9.17, 15) is 0 Å². The normalized spacial score (nSPS) is 18.1. The van der Waals surface area contributed by atoms with Gasteiger partial charge in [-0.3, -0.25) is 0 Å². The summed E-state index contributed by atoms with van der Waals surface area (Å²) in [6, 6.07) is 0. The first kappa shape index (κ1) is 13.0. The molecule has 96 valence electrons. The van der Waals surface area contributed by atoms with Crippen molar-refractivity contribution < 1.29 is 4.74 Å². The molecule has 0 aromatic carbocycles. The summed E-state index contributed by atoms with van der Waals surface area (Å²) in [6.45, 7) is 7.24. The fourth-order valence-electron chi connectivity index (χ4n) is 2.20. The highest BCUT2D eigenvalue weighted by Crippen LogP contribution is 2.37. The van der Waals surface area contributed by atoms with Gasteiger partial charge in [-0.25, -0.2) is 4.98 Å². The Labute approximate surface area is 108 Å². The van der Waals surface area contributed by atoms with Crippen LogP contribution in [0.3, 0.4) is 0 Å². The highest BCUT2D eigenvalue weighted by Gasteiger charge is 2.27. The Morgan fingerprint density at radius 1 is 1.47 bits per heavy atom. The molecule has 1 heterocycles. The molecule has 0 spiro atoms. The van der Waals surface area contributed by atoms with Crippen LogP contribution in [0.2, 0.25) is 0 Å². The third kappa shape index (κ3) is 3.50. The Balaban J connectivity index is 1.91. The van der Waals surface area contributed by atoms with Crippen molar-refractivity contribution in [3.63, 3.8) is 0 Å². The van der Waals surface area contributed by atoms with Gasteiger partial charge in [-0.05, 0) is 24.7 Å². The van der Waals surface area contributed by atoms with Gasteiger partial charge < -0.3 is 10.1 Å². The van der Waals surface area contributed by atoms with Crippen LogP contribution in [0.1, 0.15) is 35.8 Å². The smallest absolute Gasteiger partial charge is 0.107 e. The summed E-state index contributed by atoms with van der Waals surface area (Å²) >= 11 is 1.88. The van der Waals surface area contributed by atoms with E-state index in [0.717, 1.165) is 26.1 Å². The highest BCUT2D eigenvalue weighted by molar-refractivity contribution is 7.11. The molecule has 4 heteroatoms. The Bertz CT molecular complexity index is 373. The molecule has 0 saturated heterocycles. The van der Waals surface area contributed by atoms with Crippen molar-refractivity contribution in [2.75, 3.05) is 20.3 Å². The molecule has 1 aromatic heterocycles. The number of nitrogens with one attached hydrogen (secondary N) is 1. The molecule has 0 unspecified atom stereocenters. The van der Waals surface area contributed by atoms with Gasteiger partial charge in [0.25, 0.3) is 0 Å². The molecular formula is C13H22N2OS. The number of hydrogen-bond acceptors (Lipinski definition) is 4. The molecule has 17 heavy (non-hydrogen) atoms. The zero-order chi connectivity index (χ0) is 12.3. The summed E-state index contributed by atoms with van der Waals surface area (Å²) in [6.07, 6.45) is 3.61. The lowest BCUT2D eigenvalue weighted by Crippen LogP contribution is -2.21. The van der Waals surface area contributed by atoms with Crippen LogP contribution in [0.25, 0.3) is 0 Å². The van der Waals surface area contributed by atoms with Gasteiger partial charge in [0.1, 0.15) is 5.01 Å². The first-order valence-electron chi connectivity index (χ1n) is 6.28. The second kappa shape index (κ2) is 5.46. The third-order valence-corrected chi connectivity index (χ3v) is 4.36. The van der Waals surface area contributed by atoms with Gasteiger partial charge in [-0.2, -0.15) is 0 Å². The summed E-state index contributed by atoms with van der Waals surface area (Å²) in [5.41, 5.74) is 1.80. The van der Waals surface area contributed by atoms with Crippen LogP contribution in [0.15, 0.2) is 0 Å². The van der Waals surface area contributed by atoms with Gasteiger partial charge in [-0.1, -0.05) is 13.8 Å². The van der Waals surface area contributed by atoms with Crippen LogP contribution in [-0.2, 0) is 24.1 Å². The minimum atomic E-state index is 0.459. The highest BCUT2D eigenvalue weighted by atomic mass is 32.1. The van der Waals surface area contributed by atoms with E-state index in [2.05, 4.69) is 19.2 Å².